The Morgan fingerprint density at radius 3 is 2.06 bits per heavy atom. The van der Waals surface area contributed by atoms with Gasteiger partial charge in [-0.25, -0.2) is 0 Å². The molecule has 0 fully saturated rings. The molecule has 0 atom stereocenters. The number of esters is 1. The first-order valence-corrected chi connectivity index (χ1v) is 19.0. The number of hydrogen-bond acceptors (Lipinski definition) is 8. The zero-order valence-corrected chi connectivity index (χ0v) is 32.2. The lowest BCUT2D eigenvalue weighted by molar-refractivity contribution is -0.143. The highest BCUT2D eigenvalue weighted by molar-refractivity contribution is 6.02. The van der Waals surface area contributed by atoms with E-state index < -0.39 is 0 Å². The lowest BCUT2D eigenvalue weighted by Crippen LogP contribution is -2.23. The minimum Gasteiger partial charge on any atom is -0.488 e. The van der Waals surface area contributed by atoms with Crippen molar-refractivity contribution < 1.29 is 28.3 Å². The van der Waals surface area contributed by atoms with Crippen LogP contribution in [0.4, 0.5) is 0 Å². The van der Waals surface area contributed by atoms with E-state index in [1.807, 2.05) is 98.8 Å². The van der Waals surface area contributed by atoms with Gasteiger partial charge in [-0.1, -0.05) is 110 Å². The molecule has 0 aliphatic rings. The van der Waals surface area contributed by atoms with Crippen LogP contribution in [0.1, 0.15) is 92.0 Å². The zero-order chi connectivity index (χ0) is 38.3. The van der Waals surface area contributed by atoms with Crippen LogP contribution in [0.5, 0.6) is 11.5 Å². The quantitative estimate of drug-likeness (QED) is 0.0624. The first kappa shape index (κ1) is 39.8. The maximum Gasteiger partial charge on any atom is 0.305 e. The molecule has 1 N–H and O–H groups in total. The highest BCUT2D eigenvalue weighted by Crippen LogP contribution is 2.44. The van der Waals surface area contributed by atoms with E-state index in [1.165, 1.54) is 0 Å². The number of unbranched alkanes of at least 4 members (excludes halogenated alkanes) is 2. The van der Waals surface area contributed by atoms with Gasteiger partial charge in [0.1, 0.15) is 24.7 Å². The lowest BCUT2D eigenvalue weighted by Gasteiger charge is -2.19. The number of ether oxygens (including phenoxy) is 3. The number of aromatic nitrogens is 1. The predicted molar refractivity (Wildman–Crippen MR) is 212 cm³/mol. The fourth-order valence-electron chi connectivity index (χ4n) is 6.29. The summed E-state index contributed by atoms with van der Waals surface area (Å²) in [5.74, 6) is 1.40. The van der Waals surface area contributed by atoms with Crippen LogP contribution < -0.4 is 14.8 Å². The second-order valence-electron chi connectivity index (χ2n) is 13.7. The Hall–Kier alpha value is -5.41. The number of amides is 1. The second-order valence-corrected chi connectivity index (χ2v) is 13.7. The summed E-state index contributed by atoms with van der Waals surface area (Å²) in [6.07, 6.45) is 3.26. The Morgan fingerprint density at radius 2 is 1.44 bits per heavy atom. The molecule has 5 aromatic rings. The summed E-state index contributed by atoms with van der Waals surface area (Å²) in [6, 6.07) is 32.3. The van der Waals surface area contributed by atoms with E-state index in [9.17, 15) is 9.59 Å². The van der Waals surface area contributed by atoms with Crippen molar-refractivity contribution in [2.75, 3.05) is 26.7 Å². The van der Waals surface area contributed by atoms with E-state index in [0.29, 0.717) is 55.4 Å². The van der Waals surface area contributed by atoms with Gasteiger partial charge in [0.25, 0.3) is 5.91 Å². The normalized spacial score (nSPS) is 11.2. The number of benzene rings is 4. The molecule has 4 aromatic carbocycles. The van der Waals surface area contributed by atoms with E-state index in [4.69, 9.17) is 18.7 Å². The third-order valence-electron chi connectivity index (χ3n) is 9.12. The lowest BCUT2D eigenvalue weighted by atomic mass is 9.93. The SMILES string of the molecule is CCNC(=O)c1noc(-c2cc(C(C)C)c(OCc3ccccc3)cc2OCc2ccccc2)c1-c1ccc(CN(C)CCCCCC(=O)OCC)cc1. The summed E-state index contributed by atoms with van der Waals surface area (Å²) in [5, 5.41) is 7.25. The molecule has 5 rings (SSSR count). The van der Waals surface area contributed by atoms with Gasteiger partial charge in [-0.2, -0.15) is 0 Å². The Balaban J connectivity index is 1.46. The van der Waals surface area contributed by atoms with Gasteiger partial charge in [0.05, 0.1) is 17.7 Å². The Bertz CT molecular complexity index is 1920. The van der Waals surface area contributed by atoms with Crippen LogP contribution in [0.2, 0.25) is 0 Å². The van der Waals surface area contributed by atoms with Crippen LogP contribution >= 0.6 is 0 Å². The highest BCUT2D eigenvalue weighted by Gasteiger charge is 2.28. The van der Waals surface area contributed by atoms with Gasteiger partial charge >= 0.3 is 5.97 Å². The molecule has 1 amide bonds. The summed E-state index contributed by atoms with van der Waals surface area (Å²) < 4.78 is 24.1. The number of rotatable bonds is 20. The first-order valence-electron chi connectivity index (χ1n) is 19.0. The molecule has 284 valence electrons. The summed E-state index contributed by atoms with van der Waals surface area (Å²) in [6.45, 7) is 11.2. The van der Waals surface area contributed by atoms with Gasteiger partial charge in [-0.05, 0) is 80.1 Å². The highest BCUT2D eigenvalue weighted by atomic mass is 16.5. The monoisotopic (exact) mass is 731 g/mol. The molecule has 54 heavy (non-hydrogen) atoms. The standard InChI is InChI=1S/C45H53N3O6/c1-6-46-45(50)43-42(36-24-22-33(23-25-36)29-48(5)26-16-10-15-21-41(49)51-7-2)44(54-47-43)38-27-37(32(3)4)39(52-30-34-17-11-8-12-18-34)28-40(38)53-31-35-19-13-9-14-20-35/h8-9,11-14,17-20,22-25,27-28,32H,6-7,10,15-16,21,26,29-31H2,1-5H3,(H,46,50). The first-order chi connectivity index (χ1) is 26.3. The van der Waals surface area contributed by atoms with Crippen molar-refractivity contribution >= 4 is 11.9 Å². The molecule has 0 bridgehead atoms. The molecule has 0 saturated carbocycles. The van der Waals surface area contributed by atoms with Crippen LogP contribution in [-0.4, -0.2) is 48.7 Å². The maximum absolute atomic E-state index is 13.4. The second kappa shape index (κ2) is 20.2. The van der Waals surface area contributed by atoms with Gasteiger partial charge in [0.2, 0.25) is 0 Å². The molecule has 0 saturated heterocycles. The summed E-state index contributed by atoms with van der Waals surface area (Å²) in [5.41, 5.74) is 6.50. The largest absolute Gasteiger partial charge is 0.488 e. The molecule has 0 radical (unpaired) electrons. The van der Waals surface area contributed by atoms with E-state index in [0.717, 1.165) is 65.9 Å². The van der Waals surface area contributed by atoms with Crippen LogP contribution in [0.15, 0.2) is 102 Å². The van der Waals surface area contributed by atoms with Crippen molar-refractivity contribution in [1.82, 2.24) is 15.4 Å². The molecule has 1 heterocycles. The average molecular weight is 732 g/mol. The molecule has 9 heteroatoms. The molecule has 9 nitrogen and oxygen atoms in total. The Kier molecular flexibility index (Phi) is 14.9. The van der Waals surface area contributed by atoms with Gasteiger partial charge in [-0.3, -0.25) is 9.59 Å². The third kappa shape index (κ3) is 11.1. The minimum absolute atomic E-state index is 0.112. The van der Waals surface area contributed by atoms with Crippen molar-refractivity contribution in [3.8, 4) is 33.9 Å². The minimum atomic E-state index is -0.312. The molecule has 0 unspecified atom stereocenters. The summed E-state index contributed by atoms with van der Waals surface area (Å²) in [4.78, 5) is 27.3. The summed E-state index contributed by atoms with van der Waals surface area (Å²) >= 11 is 0. The molecule has 0 aliphatic heterocycles. The van der Waals surface area contributed by atoms with E-state index in [1.54, 1.807) is 0 Å². The van der Waals surface area contributed by atoms with E-state index in [-0.39, 0.29) is 23.5 Å². The fourth-order valence-corrected chi connectivity index (χ4v) is 6.29. The van der Waals surface area contributed by atoms with Crippen LogP contribution in [0, 0.1) is 0 Å². The van der Waals surface area contributed by atoms with Gasteiger partial charge in [-0.15, -0.1) is 0 Å². The Labute approximate surface area is 319 Å². The zero-order valence-electron chi connectivity index (χ0n) is 32.2. The maximum atomic E-state index is 13.4. The van der Waals surface area contributed by atoms with Crippen molar-refractivity contribution in [3.05, 3.63) is 125 Å². The molecular formula is C45H53N3O6. The van der Waals surface area contributed by atoms with E-state index >= 15 is 0 Å². The van der Waals surface area contributed by atoms with Crippen molar-refractivity contribution in [2.24, 2.45) is 0 Å². The van der Waals surface area contributed by atoms with Crippen LogP contribution in [0.3, 0.4) is 0 Å². The topological polar surface area (TPSA) is 103 Å². The van der Waals surface area contributed by atoms with Gasteiger partial charge < -0.3 is 29.0 Å². The number of carbonyl (C=O) groups is 2. The average Bonchev–Trinajstić information content (AvgIpc) is 3.62. The molecule has 1 aromatic heterocycles. The van der Waals surface area contributed by atoms with Gasteiger partial charge in [0, 0.05) is 25.6 Å². The van der Waals surface area contributed by atoms with Crippen molar-refractivity contribution in [3.63, 3.8) is 0 Å². The van der Waals surface area contributed by atoms with Gasteiger partial charge in [0.15, 0.2) is 11.5 Å². The Morgan fingerprint density at radius 1 is 0.796 bits per heavy atom. The smallest absolute Gasteiger partial charge is 0.305 e. The number of hydrogen-bond donors (Lipinski definition) is 1. The summed E-state index contributed by atoms with van der Waals surface area (Å²) in [7, 11) is 2.10. The number of nitrogens with one attached hydrogen (secondary N) is 1. The van der Waals surface area contributed by atoms with Crippen LogP contribution in [-0.2, 0) is 29.3 Å². The van der Waals surface area contributed by atoms with Crippen molar-refractivity contribution in [1.29, 1.82) is 0 Å². The van der Waals surface area contributed by atoms with E-state index in [2.05, 4.69) is 48.4 Å². The van der Waals surface area contributed by atoms with Crippen LogP contribution in [0.25, 0.3) is 22.5 Å². The number of nitrogens with zero attached hydrogens (tertiary/aromatic N) is 2. The van der Waals surface area contributed by atoms with Crippen molar-refractivity contribution in [2.45, 2.75) is 79.1 Å². The molecular weight excluding hydrogens is 679 g/mol. The predicted octanol–water partition coefficient (Wildman–Crippen LogP) is 9.60. The third-order valence-corrected chi connectivity index (χ3v) is 9.12. The fraction of sp³-hybridized carbons (Fsp3) is 0.356. The molecule has 0 aliphatic carbocycles. The number of carbonyl (C=O) groups excluding carboxylic acids is 2. The molecule has 0 spiro atoms.